The second kappa shape index (κ2) is 8.66. The Labute approximate surface area is 171 Å². The number of hydrogen-bond donors (Lipinski definition) is 1. The summed E-state index contributed by atoms with van der Waals surface area (Å²) >= 11 is 0. The summed E-state index contributed by atoms with van der Waals surface area (Å²) in [5.41, 5.74) is 3.75. The number of hydrogen-bond acceptors (Lipinski definition) is 4. The van der Waals surface area contributed by atoms with Gasteiger partial charge in [0.15, 0.2) is 0 Å². The van der Waals surface area contributed by atoms with Gasteiger partial charge in [-0.1, -0.05) is 24.3 Å². The molecule has 1 N–H and O–H groups in total. The molecule has 154 valence electrons. The fourth-order valence-corrected chi connectivity index (χ4v) is 3.34. The van der Waals surface area contributed by atoms with Crippen LogP contribution < -0.4 is 10.2 Å². The molecule has 0 radical (unpaired) electrons. The van der Waals surface area contributed by atoms with Gasteiger partial charge in [0.1, 0.15) is 12.2 Å². The van der Waals surface area contributed by atoms with Crippen LogP contribution in [0.5, 0.6) is 0 Å². The van der Waals surface area contributed by atoms with E-state index in [0.29, 0.717) is 12.3 Å². The van der Waals surface area contributed by atoms with Crippen LogP contribution in [-0.2, 0) is 27.1 Å². The highest BCUT2D eigenvalue weighted by atomic mass is 16.6. The lowest BCUT2D eigenvalue weighted by atomic mass is 10.0. The molecular formula is C23H28N2O4. The first-order chi connectivity index (χ1) is 13.8. The van der Waals surface area contributed by atoms with E-state index in [1.807, 2.05) is 70.2 Å². The number of benzene rings is 2. The summed E-state index contributed by atoms with van der Waals surface area (Å²) in [4.78, 5) is 26.9. The average molecular weight is 396 g/mol. The third kappa shape index (κ3) is 5.15. The van der Waals surface area contributed by atoms with Gasteiger partial charge in [-0.2, -0.15) is 0 Å². The predicted molar refractivity (Wildman–Crippen MR) is 114 cm³/mol. The van der Waals surface area contributed by atoms with E-state index in [2.05, 4.69) is 5.32 Å². The summed E-state index contributed by atoms with van der Waals surface area (Å²) in [7, 11) is 0. The fourth-order valence-electron chi connectivity index (χ4n) is 3.34. The van der Waals surface area contributed by atoms with Gasteiger partial charge in [0.05, 0.1) is 11.4 Å². The molecule has 0 fully saturated rings. The molecule has 1 aliphatic heterocycles. The Morgan fingerprint density at radius 2 is 1.72 bits per heavy atom. The van der Waals surface area contributed by atoms with Crippen molar-refractivity contribution in [1.82, 2.24) is 0 Å². The second-order valence-electron chi connectivity index (χ2n) is 7.97. The van der Waals surface area contributed by atoms with Crippen LogP contribution in [0.3, 0.4) is 0 Å². The molecule has 0 spiro atoms. The van der Waals surface area contributed by atoms with Crippen molar-refractivity contribution >= 4 is 29.1 Å². The number of ether oxygens (including phenoxy) is 2. The predicted octanol–water partition coefficient (Wildman–Crippen LogP) is 4.83. The highest BCUT2D eigenvalue weighted by Gasteiger charge is 2.26. The van der Waals surface area contributed by atoms with Crippen LogP contribution in [0.2, 0.25) is 0 Å². The van der Waals surface area contributed by atoms with Gasteiger partial charge in [-0.25, -0.2) is 4.79 Å². The van der Waals surface area contributed by atoms with Gasteiger partial charge in [-0.15, -0.1) is 0 Å². The third-order valence-corrected chi connectivity index (χ3v) is 4.55. The van der Waals surface area contributed by atoms with E-state index >= 15 is 0 Å². The molecular weight excluding hydrogens is 368 g/mol. The maximum atomic E-state index is 13.0. The van der Waals surface area contributed by atoms with Gasteiger partial charge in [-0.05, 0) is 69.9 Å². The number of anilines is 3. The Hall–Kier alpha value is -2.86. The van der Waals surface area contributed by atoms with E-state index < -0.39 is 11.7 Å². The van der Waals surface area contributed by atoms with Gasteiger partial charge in [0, 0.05) is 12.3 Å². The molecule has 3 rings (SSSR count). The van der Waals surface area contributed by atoms with Crippen molar-refractivity contribution in [2.24, 2.45) is 0 Å². The van der Waals surface area contributed by atoms with Gasteiger partial charge < -0.3 is 9.47 Å². The smallest absolute Gasteiger partial charge is 0.412 e. The quantitative estimate of drug-likeness (QED) is 0.803. The highest BCUT2D eigenvalue weighted by molar-refractivity contribution is 6.03. The maximum absolute atomic E-state index is 13.0. The molecule has 1 aliphatic rings. The van der Waals surface area contributed by atoms with Gasteiger partial charge in [0.2, 0.25) is 0 Å². The first-order valence-electron chi connectivity index (χ1n) is 9.90. The number of nitrogens with zero attached hydrogens (tertiary/aromatic N) is 1. The van der Waals surface area contributed by atoms with Gasteiger partial charge in [-0.3, -0.25) is 15.0 Å². The van der Waals surface area contributed by atoms with E-state index in [0.717, 1.165) is 35.3 Å². The normalized spacial score (nSPS) is 13.2. The number of amides is 2. The molecule has 0 atom stereocenters. The lowest BCUT2D eigenvalue weighted by molar-refractivity contribution is -0.122. The minimum atomic E-state index is -0.589. The number of aryl methyl sites for hydroxylation is 2. The Kier molecular flexibility index (Phi) is 6.23. The van der Waals surface area contributed by atoms with Crippen molar-refractivity contribution in [3.8, 4) is 0 Å². The molecule has 2 aromatic rings. The van der Waals surface area contributed by atoms with E-state index in [-0.39, 0.29) is 12.5 Å². The van der Waals surface area contributed by atoms with Crippen LogP contribution in [0.15, 0.2) is 42.5 Å². The fraction of sp³-hybridized carbons (Fsp3) is 0.391. The Balaban J connectivity index is 1.98. The molecule has 29 heavy (non-hydrogen) atoms. The molecule has 0 saturated carbocycles. The van der Waals surface area contributed by atoms with Crippen LogP contribution in [-0.4, -0.2) is 30.8 Å². The second-order valence-corrected chi connectivity index (χ2v) is 7.97. The van der Waals surface area contributed by atoms with Crippen molar-refractivity contribution in [2.75, 3.05) is 23.4 Å². The molecule has 1 heterocycles. The van der Waals surface area contributed by atoms with Crippen LogP contribution in [0, 0.1) is 0 Å². The number of nitrogens with one attached hydrogen (secondary N) is 1. The maximum Gasteiger partial charge on any atom is 0.412 e. The largest absolute Gasteiger partial charge is 0.444 e. The topological polar surface area (TPSA) is 67.9 Å². The number of rotatable bonds is 4. The van der Waals surface area contributed by atoms with Crippen molar-refractivity contribution < 1.29 is 19.1 Å². The molecule has 0 bridgehead atoms. The lowest BCUT2D eigenvalue weighted by Crippen LogP contribution is -2.31. The molecule has 2 amide bonds. The SMILES string of the molecule is CCOCC(=O)N1c2ccccc2CCc2ccc(NC(=O)OC(C)(C)C)cc21. The molecule has 0 unspecified atom stereocenters. The van der Waals surface area contributed by atoms with Crippen molar-refractivity contribution in [3.63, 3.8) is 0 Å². The summed E-state index contributed by atoms with van der Waals surface area (Å²) in [6.07, 6.45) is 1.11. The Morgan fingerprint density at radius 3 is 2.41 bits per heavy atom. The summed E-state index contributed by atoms with van der Waals surface area (Å²) in [6, 6.07) is 13.5. The van der Waals surface area contributed by atoms with Crippen molar-refractivity contribution in [1.29, 1.82) is 0 Å². The molecule has 6 heteroatoms. The van der Waals surface area contributed by atoms with Gasteiger partial charge >= 0.3 is 6.09 Å². The van der Waals surface area contributed by atoms with Crippen molar-refractivity contribution in [2.45, 2.75) is 46.1 Å². The van der Waals surface area contributed by atoms with E-state index in [1.165, 1.54) is 0 Å². The summed E-state index contributed by atoms with van der Waals surface area (Å²) < 4.78 is 10.7. The number of carbonyl (C=O) groups excluding carboxylic acids is 2. The average Bonchev–Trinajstić information content (AvgIpc) is 2.81. The monoisotopic (exact) mass is 396 g/mol. The van der Waals surface area contributed by atoms with Crippen LogP contribution in [0.25, 0.3) is 0 Å². The Morgan fingerprint density at radius 1 is 1.03 bits per heavy atom. The summed E-state index contributed by atoms with van der Waals surface area (Å²) in [6.45, 7) is 7.76. The highest BCUT2D eigenvalue weighted by Crippen LogP contribution is 2.37. The molecule has 6 nitrogen and oxygen atoms in total. The molecule has 0 saturated heterocycles. The van der Waals surface area contributed by atoms with Crippen molar-refractivity contribution in [3.05, 3.63) is 53.6 Å². The van der Waals surface area contributed by atoms with E-state index in [9.17, 15) is 9.59 Å². The Bertz CT molecular complexity index is 902. The zero-order valence-corrected chi connectivity index (χ0v) is 17.5. The molecule has 0 aromatic heterocycles. The zero-order chi connectivity index (χ0) is 21.0. The van der Waals surface area contributed by atoms with E-state index in [1.54, 1.807) is 4.90 Å². The molecule has 2 aromatic carbocycles. The molecule has 0 aliphatic carbocycles. The van der Waals surface area contributed by atoms with E-state index in [4.69, 9.17) is 9.47 Å². The number of fused-ring (bicyclic) bond motifs is 2. The summed E-state index contributed by atoms with van der Waals surface area (Å²) in [5.74, 6) is -0.142. The zero-order valence-electron chi connectivity index (χ0n) is 17.5. The third-order valence-electron chi connectivity index (χ3n) is 4.55. The minimum Gasteiger partial charge on any atom is -0.444 e. The van der Waals surface area contributed by atoms with Gasteiger partial charge in [0.25, 0.3) is 5.91 Å². The standard InChI is InChI=1S/C23H28N2O4/c1-5-28-15-21(26)25-19-9-7-6-8-16(19)10-11-17-12-13-18(14-20(17)25)24-22(27)29-23(2,3)4/h6-9,12-14H,5,10-11,15H2,1-4H3,(H,24,27). The summed E-state index contributed by atoms with van der Waals surface area (Å²) in [5, 5.41) is 2.77. The van der Waals surface area contributed by atoms with Crippen LogP contribution in [0.4, 0.5) is 21.9 Å². The minimum absolute atomic E-state index is 0.00596. The number of para-hydroxylation sites is 1. The first-order valence-corrected chi connectivity index (χ1v) is 9.90. The van der Waals surface area contributed by atoms with Crippen LogP contribution in [0.1, 0.15) is 38.8 Å². The number of carbonyl (C=O) groups is 2. The first kappa shape index (κ1) is 20.9. The van der Waals surface area contributed by atoms with Crippen LogP contribution >= 0.6 is 0 Å². The lowest BCUT2D eigenvalue weighted by Gasteiger charge is -2.26.